The first kappa shape index (κ1) is 14.8. The monoisotopic (exact) mass is 286 g/mol. The van der Waals surface area contributed by atoms with Gasteiger partial charge in [-0.05, 0) is 49.2 Å². The maximum atomic E-state index is 11.8. The smallest absolute Gasteiger partial charge is 0.263 e. The molecule has 21 heavy (non-hydrogen) atoms. The van der Waals surface area contributed by atoms with Gasteiger partial charge in [-0.15, -0.1) is 0 Å². The van der Waals surface area contributed by atoms with Crippen molar-refractivity contribution in [1.29, 1.82) is 0 Å². The number of nitrogens with one attached hydrogen (secondary N) is 1. The van der Waals surface area contributed by atoms with Gasteiger partial charge in [-0.2, -0.15) is 0 Å². The highest BCUT2D eigenvalue weighted by Gasteiger charge is 2.08. The van der Waals surface area contributed by atoms with E-state index < -0.39 is 0 Å². The molecule has 1 N–H and O–H groups in total. The topological polar surface area (TPSA) is 60.5 Å². The maximum Gasteiger partial charge on any atom is 0.263 e. The molecule has 0 radical (unpaired) electrons. The van der Waals surface area contributed by atoms with Gasteiger partial charge in [0.1, 0.15) is 5.82 Å². The molecule has 2 rings (SSSR count). The van der Waals surface area contributed by atoms with Gasteiger partial charge >= 0.3 is 0 Å². The number of rotatable bonds is 5. The minimum Gasteiger partial charge on any atom is -0.493 e. The van der Waals surface area contributed by atoms with Crippen LogP contribution in [0.5, 0.6) is 11.5 Å². The number of ether oxygens (including phenoxy) is 2. The van der Waals surface area contributed by atoms with E-state index in [4.69, 9.17) is 9.47 Å². The number of pyridine rings is 1. The van der Waals surface area contributed by atoms with E-state index in [0.29, 0.717) is 17.3 Å². The van der Waals surface area contributed by atoms with E-state index in [2.05, 4.69) is 10.3 Å². The molecule has 0 unspecified atom stereocenters. The molecular formula is C16H18N2O3. The van der Waals surface area contributed by atoms with Crippen LogP contribution in [0.15, 0.2) is 36.5 Å². The normalized spacial score (nSPS) is 10.0. The second-order valence-electron chi connectivity index (χ2n) is 4.71. The Morgan fingerprint density at radius 3 is 2.62 bits per heavy atom. The van der Waals surface area contributed by atoms with Crippen LogP contribution in [0.25, 0.3) is 0 Å². The fraction of sp³-hybridized carbons (Fsp3) is 0.250. The summed E-state index contributed by atoms with van der Waals surface area (Å²) in [6.07, 6.45) is 1.65. The molecular weight excluding hydrogens is 268 g/mol. The molecule has 0 aliphatic rings. The number of amides is 1. The van der Waals surface area contributed by atoms with Crippen LogP contribution in [0.3, 0.4) is 0 Å². The van der Waals surface area contributed by atoms with Crippen LogP contribution in [0.2, 0.25) is 0 Å². The SMILES string of the molecule is COc1cc(C)ccc1OCC(=O)Nc1cc(C)ccn1. The lowest BCUT2D eigenvalue weighted by molar-refractivity contribution is -0.118. The Balaban J connectivity index is 1.95. The Morgan fingerprint density at radius 2 is 1.90 bits per heavy atom. The summed E-state index contributed by atoms with van der Waals surface area (Å²) < 4.78 is 10.7. The largest absolute Gasteiger partial charge is 0.493 e. The van der Waals surface area contributed by atoms with Gasteiger partial charge in [-0.25, -0.2) is 4.98 Å². The quantitative estimate of drug-likeness (QED) is 0.918. The molecule has 1 heterocycles. The zero-order chi connectivity index (χ0) is 15.2. The molecule has 0 aliphatic heterocycles. The molecule has 1 aromatic heterocycles. The van der Waals surface area contributed by atoms with E-state index in [-0.39, 0.29) is 12.5 Å². The number of hydrogen-bond acceptors (Lipinski definition) is 4. The minimum atomic E-state index is -0.268. The van der Waals surface area contributed by atoms with Crippen molar-refractivity contribution in [3.8, 4) is 11.5 Å². The minimum absolute atomic E-state index is 0.102. The molecule has 110 valence electrons. The summed E-state index contributed by atoms with van der Waals surface area (Å²) in [6.45, 7) is 3.79. The number of carbonyl (C=O) groups is 1. The zero-order valence-corrected chi connectivity index (χ0v) is 12.3. The fourth-order valence-electron chi connectivity index (χ4n) is 1.82. The Bertz CT molecular complexity index is 641. The summed E-state index contributed by atoms with van der Waals surface area (Å²) in [6, 6.07) is 9.20. The van der Waals surface area contributed by atoms with E-state index in [1.54, 1.807) is 25.4 Å². The van der Waals surface area contributed by atoms with Crippen molar-refractivity contribution in [3.63, 3.8) is 0 Å². The average molecular weight is 286 g/mol. The van der Waals surface area contributed by atoms with Gasteiger partial charge in [0.15, 0.2) is 18.1 Å². The third-order valence-corrected chi connectivity index (χ3v) is 2.86. The molecule has 5 nitrogen and oxygen atoms in total. The van der Waals surface area contributed by atoms with Crippen molar-refractivity contribution in [2.24, 2.45) is 0 Å². The number of anilines is 1. The number of carbonyl (C=O) groups excluding carboxylic acids is 1. The molecule has 0 bridgehead atoms. The van der Waals surface area contributed by atoms with Crippen LogP contribution < -0.4 is 14.8 Å². The Labute approximate surface area is 123 Å². The highest BCUT2D eigenvalue weighted by atomic mass is 16.5. The van der Waals surface area contributed by atoms with Gasteiger partial charge in [0.2, 0.25) is 0 Å². The Kier molecular flexibility index (Phi) is 4.77. The summed E-state index contributed by atoms with van der Waals surface area (Å²) in [7, 11) is 1.57. The highest BCUT2D eigenvalue weighted by Crippen LogP contribution is 2.27. The molecule has 0 saturated heterocycles. The van der Waals surface area contributed by atoms with Crippen molar-refractivity contribution in [3.05, 3.63) is 47.7 Å². The number of aromatic nitrogens is 1. The number of aryl methyl sites for hydroxylation is 2. The predicted molar refractivity (Wildman–Crippen MR) is 80.8 cm³/mol. The summed E-state index contributed by atoms with van der Waals surface area (Å²) in [5.41, 5.74) is 2.09. The molecule has 5 heteroatoms. The summed E-state index contributed by atoms with van der Waals surface area (Å²) in [5.74, 6) is 1.39. The van der Waals surface area contributed by atoms with E-state index in [1.807, 2.05) is 32.0 Å². The maximum absolute atomic E-state index is 11.8. The predicted octanol–water partition coefficient (Wildman–Crippen LogP) is 2.72. The van der Waals surface area contributed by atoms with Crippen LogP contribution in [0.4, 0.5) is 5.82 Å². The zero-order valence-electron chi connectivity index (χ0n) is 12.3. The van der Waals surface area contributed by atoms with Crippen LogP contribution in [-0.4, -0.2) is 24.6 Å². The fourth-order valence-corrected chi connectivity index (χ4v) is 1.82. The third kappa shape index (κ3) is 4.21. The lowest BCUT2D eigenvalue weighted by Gasteiger charge is -2.11. The summed E-state index contributed by atoms with van der Waals surface area (Å²) >= 11 is 0. The highest BCUT2D eigenvalue weighted by molar-refractivity contribution is 5.91. The number of hydrogen-bond donors (Lipinski definition) is 1. The van der Waals surface area contributed by atoms with Crippen LogP contribution in [-0.2, 0) is 4.79 Å². The Morgan fingerprint density at radius 1 is 1.14 bits per heavy atom. The van der Waals surface area contributed by atoms with E-state index >= 15 is 0 Å². The second-order valence-corrected chi connectivity index (χ2v) is 4.71. The number of benzene rings is 1. The van der Waals surface area contributed by atoms with Gasteiger partial charge in [0.05, 0.1) is 7.11 Å². The van der Waals surface area contributed by atoms with E-state index in [9.17, 15) is 4.79 Å². The van der Waals surface area contributed by atoms with Crippen molar-refractivity contribution in [2.75, 3.05) is 19.0 Å². The number of nitrogens with zero attached hydrogens (tertiary/aromatic N) is 1. The number of methoxy groups -OCH3 is 1. The van der Waals surface area contributed by atoms with Crippen LogP contribution >= 0.6 is 0 Å². The lowest BCUT2D eigenvalue weighted by atomic mass is 10.2. The molecule has 0 saturated carbocycles. The molecule has 1 aromatic carbocycles. The van der Waals surface area contributed by atoms with Crippen molar-refractivity contribution in [2.45, 2.75) is 13.8 Å². The van der Waals surface area contributed by atoms with Crippen molar-refractivity contribution in [1.82, 2.24) is 4.98 Å². The molecule has 0 atom stereocenters. The van der Waals surface area contributed by atoms with Gasteiger partial charge in [0.25, 0.3) is 5.91 Å². The lowest BCUT2D eigenvalue weighted by Crippen LogP contribution is -2.21. The molecule has 0 aliphatic carbocycles. The molecule has 0 fully saturated rings. The molecule has 1 amide bonds. The van der Waals surface area contributed by atoms with Gasteiger partial charge in [-0.3, -0.25) is 4.79 Å². The summed E-state index contributed by atoms with van der Waals surface area (Å²) in [4.78, 5) is 15.9. The van der Waals surface area contributed by atoms with Crippen molar-refractivity contribution >= 4 is 11.7 Å². The first-order chi connectivity index (χ1) is 10.1. The van der Waals surface area contributed by atoms with Gasteiger partial charge in [-0.1, -0.05) is 6.07 Å². The standard InChI is InChI=1S/C16H18N2O3/c1-11-4-5-13(14(8-11)20-3)21-10-16(19)18-15-9-12(2)6-7-17-15/h4-9H,10H2,1-3H3,(H,17,18,19). The first-order valence-electron chi connectivity index (χ1n) is 6.58. The van der Waals surface area contributed by atoms with E-state index in [1.165, 1.54) is 0 Å². The van der Waals surface area contributed by atoms with Crippen LogP contribution in [0, 0.1) is 13.8 Å². The van der Waals surface area contributed by atoms with E-state index in [0.717, 1.165) is 11.1 Å². The van der Waals surface area contributed by atoms with Crippen LogP contribution in [0.1, 0.15) is 11.1 Å². The molecule has 2 aromatic rings. The molecule has 0 spiro atoms. The van der Waals surface area contributed by atoms with Crippen molar-refractivity contribution < 1.29 is 14.3 Å². The third-order valence-electron chi connectivity index (χ3n) is 2.86. The average Bonchev–Trinajstić information content (AvgIpc) is 2.45. The summed E-state index contributed by atoms with van der Waals surface area (Å²) in [5, 5.41) is 2.69. The second kappa shape index (κ2) is 6.74. The first-order valence-corrected chi connectivity index (χ1v) is 6.58. The van der Waals surface area contributed by atoms with Gasteiger partial charge < -0.3 is 14.8 Å². The van der Waals surface area contributed by atoms with Gasteiger partial charge in [0, 0.05) is 6.20 Å². The Hall–Kier alpha value is -2.56.